The number of nitrogens with one attached hydrogen (secondary N) is 3. The number of ether oxygens (including phenoxy) is 1. The number of halogens is 1. The summed E-state index contributed by atoms with van der Waals surface area (Å²) >= 11 is 7.88. The summed E-state index contributed by atoms with van der Waals surface area (Å²) in [5, 5.41) is 10.5. The summed E-state index contributed by atoms with van der Waals surface area (Å²) in [5.74, 6) is 0.0414. The first-order valence-corrected chi connectivity index (χ1v) is 18.0. The van der Waals surface area contributed by atoms with E-state index in [0.717, 1.165) is 42.4 Å². The fraction of sp³-hybridized carbons (Fsp3) is 0.500. The molecule has 0 spiro atoms. The van der Waals surface area contributed by atoms with Gasteiger partial charge in [-0.2, -0.15) is 4.31 Å². The van der Waals surface area contributed by atoms with E-state index < -0.39 is 22.1 Å². The average molecular weight is 661 g/mol. The van der Waals surface area contributed by atoms with E-state index in [0.29, 0.717) is 36.4 Å². The van der Waals surface area contributed by atoms with Crippen molar-refractivity contribution >= 4 is 54.9 Å². The Hall–Kier alpha value is -2.70. The van der Waals surface area contributed by atoms with Crippen molar-refractivity contribution < 1.29 is 22.7 Å². The minimum atomic E-state index is -3.87. The zero-order valence-corrected chi connectivity index (χ0v) is 27.6. The van der Waals surface area contributed by atoms with Gasteiger partial charge in [0.15, 0.2) is 0 Å². The van der Waals surface area contributed by atoms with E-state index in [1.165, 1.54) is 27.8 Å². The number of benzene rings is 2. The Balaban J connectivity index is 1.25. The first kappa shape index (κ1) is 32.7. The molecule has 2 atom stereocenters. The summed E-state index contributed by atoms with van der Waals surface area (Å²) in [5.41, 5.74) is 0. The fourth-order valence-electron chi connectivity index (χ4n) is 5.75. The Labute approximate surface area is 268 Å². The van der Waals surface area contributed by atoms with Crippen molar-refractivity contribution in [3.05, 3.63) is 58.4 Å². The van der Waals surface area contributed by atoms with Crippen LogP contribution in [-0.2, 0) is 14.8 Å². The quantitative estimate of drug-likeness (QED) is 0.276. The van der Waals surface area contributed by atoms with E-state index in [-0.39, 0.29) is 40.3 Å². The number of rotatable bonds is 10. The average Bonchev–Trinajstić information content (AvgIpc) is 3.30. The van der Waals surface area contributed by atoms with Crippen LogP contribution in [0.3, 0.4) is 0 Å². The lowest BCUT2D eigenvalue weighted by molar-refractivity contribution is -0.124. The third-order valence-electron chi connectivity index (χ3n) is 8.08. The maximum absolute atomic E-state index is 13.7. The van der Waals surface area contributed by atoms with Crippen LogP contribution in [-0.4, -0.2) is 68.9 Å². The van der Waals surface area contributed by atoms with Crippen LogP contribution in [0.1, 0.15) is 62.0 Å². The van der Waals surface area contributed by atoms with E-state index in [9.17, 15) is 18.0 Å². The molecule has 3 aromatic rings. The number of hydrogen-bond donors (Lipinski definition) is 3. The van der Waals surface area contributed by atoms with Gasteiger partial charge in [0.25, 0.3) is 5.91 Å². The van der Waals surface area contributed by atoms with Gasteiger partial charge >= 0.3 is 0 Å². The molecule has 3 heterocycles. The van der Waals surface area contributed by atoms with Gasteiger partial charge in [-0.1, -0.05) is 50.1 Å². The predicted octanol–water partition coefficient (Wildman–Crippen LogP) is 5.19. The van der Waals surface area contributed by atoms with Crippen LogP contribution in [0.5, 0.6) is 5.75 Å². The molecule has 0 saturated carbocycles. The molecule has 44 heavy (non-hydrogen) atoms. The summed E-state index contributed by atoms with van der Waals surface area (Å²) in [6.45, 7) is 6.23. The zero-order valence-electron chi connectivity index (χ0n) is 25.2. The number of sulfonamides is 1. The van der Waals surface area contributed by atoms with Crippen molar-refractivity contribution in [1.29, 1.82) is 0 Å². The number of fused-ring (bicyclic) bond motifs is 1. The van der Waals surface area contributed by atoms with Crippen LogP contribution in [0.25, 0.3) is 10.1 Å². The van der Waals surface area contributed by atoms with Crippen molar-refractivity contribution in [2.75, 3.05) is 26.2 Å². The van der Waals surface area contributed by atoms with Gasteiger partial charge in [-0.3, -0.25) is 9.59 Å². The second-order valence-electron chi connectivity index (χ2n) is 12.0. The molecule has 0 aliphatic carbocycles. The molecule has 12 heteroatoms. The molecule has 2 amide bonds. The Kier molecular flexibility index (Phi) is 10.8. The Morgan fingerprint density at radius 1 is 1.09 bits per heavy atom. The lowest BCUT2D eigenvalue weighted by Crippen LogP contribution is -2.52. The fourth-order valence-corrected chi connectivity index (χ4v) is 8.56. The highest BCUT2D eigenvalue weighted by atomic mass is 35.5. The maximum atomic E-state index is 13.7. The van der Waals surface area contributed by atoms with Crippen LogP contribution in [0.2, 0.25) is 5.02 Å². The standard InChI is InChI=1S/C32H41ClN4O5S2/c1-21(2)17-27(36-32(39)30-18-22-7-3-4-9-29(22)43-30)31(38)35-23-8-5-6-16-37(20-23)44(40,41)25-10-11-28(26(33)19-25)42-24-12-14-34-15-13-24/h3-4,7,9-11,18-19,21,23-24,27,34H,5-6,8,12-17,20H2,1-2H3,(H,35,38)(H,36,39)/t23?,27-/m0/s1. The van der Waals surface area contributed by atoms with Crippen molar-refractivity contribution in [2.45, 2.75) is 75.5 Å². The number of hydrogen-bond acceptors (Lipinski definition) is 7. The highest BCUT2D eigenvalue weighted by Gasteiger charge is 2.32. The summed E-state index contributed by atoms with van der Waals surface area (Å²) in [6.07, 6.45) is 4.31. The molecule has 5 rings (SSSR count). The molecule has 2 saturated heterocycles. The summed E-state index contributed by atoms with van der Waals surface area (Å²) in [6, 6.07) is 13.1. The second-order valence-corrected chi connectivity index (χ2v) is 15.5. The molecule has 3 N–H and O–H groups in total. The SMILES string of the molecule is CC(C)C[C@H](NC(=O)c1cc2ccccc2s1)C(=O)NC1CCCCN(S(=O)(=O)c2ccc(OC3CCNCC3)c(Cl)c2)C1. The van der Waals surface area contributed by atoms with E-state index in [1.54, 1.807) is 6.07 Å². The summed E-state index contributed by atoms with van der Waals surface area (Å²) in [7, 11) is -3.87. The summed E-state index contributed by atoms with van der Waals surface area (Å²) < 4.78 is 35.9. The minimum absolute atomic E-state index is 0.0421. The van der Waals surface area contributed by atoms with Crippen LogP contribution in [0.4, 0.5) is 0 Å². The first-order chi connectivity index (χ1) is 21.1. The van der Waals surface area contributed by atoms with E-state index in [2.05, 4.69) is 16.0 Å². The minimum Gasteiger partial charge on any atom is -0.489 e. The lowest BCUT2D eigenvalue weighted by Gasteiger charge is -2.27. The Morgan fingerprint density at radius 3 is 2.59 bits per heavy atom. The van der Waals surface area contributed by atoms with Crippen LogP contribution in [0.15, 0.2) is 53.4 Å². The van der Waals surface area contributed by atoms with Gasteiger partial charge in [0.1, 0.15) is 17.9 Å². The zero-order chi connectivity index (χ0) is 31.3. The first-order valence-electron chi connectivity index (χ1n) is 15.4. The molecule has 238 valence electrons. The highest BCUT2D eigenvalue weighted by Crippen LogP contribution is 2.31. The third kappa shape index (κ3) is 8.11. The van der Waals surface area contributed by atoms with Crippen molar-refractivity contribution in [2.24, 2.45) is 5.92 Å². The van der Waals surface area contributed by atoms with Crippen molar-refractivity contribution in [3.63, 3.8) is 0 Å². The van der Waals surface area contributed by atoms with E-state index >= 15 is 0 Å². The molecule has 9 nitrogen and oxygen atoms in total. The van der Waals surface area contributed by atoms with Crippen molar-refractivity contribution in [1.82, 2.24) is 20.3 Å². The Morgan fingerprint density at radius 2 is 1.86 bits per heavy atom. The van der Waals surface area contributed by atoms with Gasteiger partial charge in [-0.15, -0.1) is 11.3 Å². The van der Waals surface area contributed by atoms with Gasteiger partial charge < -0.3 is 20.7 Å². The molecular weight excluding hydrogens is 620 g/mol. The number of nitrogens with zero attached hydrogens (tertiary/aromatic N) is 1. The van der Waals surface area contributed by atoms with E-state index in [4.69, 9.17) is 16.3 Å². The molecular formula is C32H41ClN4O5S2. The number of carbonyl (C=O) groups is 2. The summed E-state index contributed by atoms with van der Waals surface area (Å²) in [4.78, 5) is 27.4. The molecule has 2 aromatic carbocycles. The molecule has 2 aliphatic rings. The highest BCUT2D eigenvalue weighted by molar-refractivity contribution is 7.89. The molecule has 0 bridgehead atoms. The largest absolute Gasteiger partial charge is 0.489 e. The van der Waals surface area contributed by atoms with Gasteiger partial charge in [0.05, 0.1) is 14.8 Å². The van der Waals surface area contributed by atoms with Gasteiger partial charge in [-0.25, -0.2) is 8.42 Å². The number of piperidine rings is 1. The smallest absolute Gasteiger partial charge is 0.262 e. The van der Waals surface area contributed by atoms with Crippen molar-refractivity contribution in [3.8, 4) is 5.75 Å². The number of carbonyl (C=O) groups excluding carboxylic acids is 2. The number of thiophene rings is 1. The normalized spacial score (nSPS) is 19.4. The van der Waals surface area contributed by atoms with Crippen LogP contribution in [0, 0.1) is 5.92 Å². The molecule has 0 radical (unpaired) electrons. The van der Waals surface area contributed by atoms with Crippen LogP contribution >= 0.6 is 22.9 Å². The maximum Gasteiger partial charge on any atom is 0.262 e. The molecule has 2 fully saturated rings. The molecule has 1 aromatic heterocycles. The molecule has 2 aliphatic heterocycles. The third-order valence-corrected chi connectivity index (χ3v) is 11.4. The second kappa shape index (κ2) is 14.6. The van der Waals surface area contributed by atoms with Gasteiger partial charge in [0, 0.05) is 23.8 Å². The predicted molar refractivity (Wildman–Crippen MR) is 175 cm³/mol. The van der Waals surface area contributed by atoms with E-state index in [1.807, 2.05) is 44.2 Å². The lowest BCUT2D eigenvalue weighted by atomic mass is 10.0. The van der Waals surface area contributed by atoms with Gasteiger partial charge in [-0.05, 0) is 86.8 Å². The topological polar surface area (TPSA) is 117 Å². The molecule has 1 unspecified atom stereocenters. The van der Waals surface area contributed by atoms with Crippen LogP contribution < -0.4 is 20.7 Å². The monoisotopic (exact) mass is 660 g/mol. The Bertz CT molecular complexity index is 1540. The van der Waals surface area contributed by atoms with Gasteiger partial charge in [0.2, 0.25) is 15.9 Å². The number of amides is 2.